The van der Waals surface area contributed by atoms with Crippen molar-refractivity contribution in [1.29, 1.82) is 0 Å². The maximum Gasteiger partial charge on any atom is 0.308 e. The number of nitrogens with zero attached hydrogens (tertiary/aromatic N) is 2. The zero-order valence-electron chi connectivity index (χ0n) is 20.4. The lowest BCUT2D eigenvalue weighted by Gasteiger charge is -2.30. The molecule has 202 valence electrons. The molecule has 12 heteroatoms. The summed E-state index contributed by atoms with van der Waals surface area (Å²) in [5.41, 5.74) is 1.48. The Kier molecular flexibility index (Phi) is 6.85. The van der Waals surface area contributed by atoms with Crippen LogP contribution < -0.4 is 15.1 Å². The van der Waals surface area contributed by atoms with Crippen LogP contribution in [0.15, 0.2) is 87.1 Å². The number of benzene rings is 3. The standard InChI is InChI=1S/C28H19BrFN3O5S2/c29-15-3-9-18(10-4-15)33-25(36)22-21(14-1-11-19(34)12-2-14)24-27(39-23(22)26(33)37)32(28(38)40-24)13-20(35)31-17-7-5-16(30)6-8-17/h1-12,21-23,34H,13H2,(H,31,35)/t21-,22+,23-/m0/s1. The van der Waals surface area contributed by atoms with Gasteiger partial charge >= 0.3 is 4.87 Å². The second-order valence-corrected chi connectivity index (χ2v) is 12.3. The van der Waals surface area contributed by atoms with E-state index < -0.39 is 39.6 Å². The topological polar surface area (TPSA) is 109 Å². The lowest BCUT2D eigenvalue weighted by Crippen LogP contribution is -2.33. The van der Waals surface area contributed by atoms with Crippen LogP contribution in [0.25, 0.3) is 0 Å². The predicted octanol–water partition coefficient (Wildman–Crippen LogP) is 4.95. The van der Waals surface area contributed by atoms with Gasteiger partial charge in [0.15, 0.2) is 0 Å². The van der Waals surface area contributed by atoms with E-state index in [1.54, 1.807) is 36.4 Å². The molecule has 1 aromatic heterocycles. The van der Waals surface area contributed by atoms with Crippen LogP contribution in [0.5, 0.6) is 5.75 Å². The van der Waals surface area contributed by atoms with Crippen LogP contribution in [-0.2, 0) is 20.9 Å². The Balaban J connectivity index is 1.40. The highest BCUT2D eigenvalue weighted by Crippen LogP contribution is 2.54. The number of phenolic OH excluding ortho intramolecular Hbond substituents is 1. The minimum Gasteiger partial charge on any atom is -0.508 e. The molecule has 1 fully saturated rings. The predicted molar refractivity (Wildman–Crippen MR) is 153 cm³/mol. The number of rotatable bonds is 5. The molecule has 0 aliphatic carbocycles. The number of thioether (sulfide) groups is 1. The van der Waals surface area contributed by atoms with Gasteiger partial charge in [-0.05, 0) is 66.2 Å². The summed E-state index contributed by atoms with van der Waals surface area (Å²) in [6.45, 7) is -0.326. The van der Waals surface area contributed by atoms with Crippen molar-refractivity contribution in [2.24, 2.45) is 5.92 Å². The van der Waals surface area contributed by atoms with E-state index in [9.17, 15) is 28.7 Å². The molecule has 2 aliphatic heterocycles. The first-order valence-corrected chi connectivity index (χ1v) is 14.6. The molecule has 6 rings (SSSR count). The number of hydrogen-bond acceptors (Lipinski definition) is 7. The molecule has 2 N–H and O–H groups in total. The number of halogens is 2. The molecule has 0 unspecified atom stereocenters. The molecule has 0 saturated carbocycles. The molecule has 3 heterocycles. The Morgan fingerprint density at radius 3 is 2.30 bits per heavy atom. The number of aromatic hydroxyl groups is 1. The number of carbonyl (C=O) groups excluding carboxylic acids is 3. The number of aromatic nitrogens is 1. The lowest BCUT2D eigenvalue weighted by molar-refractivity contribution is -0.122. The highest BCUT2D eigenvalue weighted by Gasteiger charge is 2.56. The van der Waals surface area contributed by atoms with Crippen molar-refractivity contribution in [3.8, 4) is 5.75 Å². The van der Waals surface area contributed by atoms with Crippen molar-refractivity contribution in [1.82, 2.24) is 4.57 Å². The zero-order chi connectivity index (χ0) is 28.1. The van der Waals surface area contributed by atoms with E-state index >= 15 is 0 Å². The molecule has 0 bridgehead atoms. The lowest BCUT2D eigenvalue weighted by atomic mass is 9.83. The molecule has 3 atom stereocenters. The van der Waals surface area contributed by atoms with Gasteiger partial charge in [-0.25, -0.2) is 9.29 Å². The number of nitrogens with one attached hydrogen (secondary N) is 1. The number of carbonyl (C=O) groups is 3. The molecule has 3 aromatic carbocycles. The number of phenols is 1. The first kappa shape index (κ1) is 26.5. The number of imide groups is 1. The van der Waals surface area contributed by atoms with Gasteiger partial charge in [0.2, 0.25) is 17.7 Å². The van der Waals surface area contributed by atoms with Crippen LogP contribution in [-0.4, -0.2) is 32.6 Å². The highest BCUT2D eigenvalue weighted by atomic mass is 79.9. The van der Waals surface area contributed by atoms with E-state index in [0.29, 0.717) is 26.8 Å². The summed E-state index contributed by atoms with van der Waals surface area (Å²) in [7, 11) is 0. The Morgan fingerprint density at radius 2 is 1.62 bits per heavy atom. The van der Waals surface area contributed by atoms with Crippen LogP contribution in [0.3, 0.4) is 0 Å². The first-order valence-electron chi connectivity index (χ1n) is 12.1. The number of anilines is 2. The maximum absolute atomic E-state index is 13.9. The minimum atomic E-state index is -0.831. The molecule has 2 aliphatic rings. The van der Waals surface area contributed by atoms with Gasteiger partial charge < -0.3 is 10.4 Å². The van der Waals surface area contributed by atoms with Crippen molar-refractivity contribution in [2.45, 2.75) is 22.7 Å². The van der Waals surface area contributed by atoms with Crippen molar-refractivity contribution in [2.75, 3.05) is 10.2 Å². The fourth-order valence-corrected chi connectivity index (χ4v) is 8.06. The summed E-state index contributed by atoms with van der Waals surface area (Å²) >= 11 is 5.42. The molecule has 0 spiro atoms. The molecular formula is C28H19BrFN3O5S2. The van der Waals surface area contributed by atoms with E-state index in [1.165, 1.54) is 45.9 Å². The summed E-state index contributed by atoms with van der Waals surface area (Å²) in [6, 6.07) is 18.5. The van der Waals surface area contributed by atoms with Crippen LogP contribution >= 0.6 is 39.0 Å². The van der Waals surface area contributed by atoms with E-state index in [-0.39, 0.29) is 18.2 Å². The highest BCUT2D eigenvalue weighted by molar-refractivity contribution is 9.10. The number of thiazole rings is 1. The Labute approximate surface area is 243 Å². The molecular weight excluding hydrogens is 621 g/mol. The van der Waals surface area contributed by atoms with Crippen LogP contribution in [0, 0.1) is 11.7 Å². The van der Waals surface area contributed by atoms with Crippen molar-refractivity contribution in [3.05, 3.63) is 103 Å². The number of amides is 3. The van der Waals surface area contributed by atoms with Gasteiger partial charge in [-0.2, -0.15) is 0 Å². The largest absolute Gasteiger partial charge is 0.508 e. The third-order valence-electron chi connectivity index (χ3n) is 6.82. The summed E-state index contributed by atoms with van der Waals surface area (Å²) in [6.07, 6.45) is 0. The summed E-state index contributed by atoms with van der Waals surface area (Å²) < 4.78 is 15.4. The average molecular weight is 641 g/mol. The first-order chi connectivity index (χ1) is 19.2. The van der Waals surface area contributed by atoms with Crippen molar-refractivity contribution in [3.63, 3.8) is 0 Å². The quantitative estimate of drug-likeness (QED) is 0.299. The summed E-state index contributed by atoms with van der Waals surface area (Å²) in [5.74, 6) is -3.12. The monoisotopic (exact) mass is 639 g/mol. The van der Waals surface area contributed by atoms with E-state index in [4.69, 9.17) is 0 Å². The van der Waals surface area contributed by atoms with E-state index in [1.807, 2.05) is 0 Å². The van der Waals surface area contributed by atoms with Crippen LogP contribution in [0.1, 0.15) is 16.4 Å². The number of hydrogen-bond donors (Lipinski definition) is 2. The maximum atomic E-state index is 13.9. The van der Waals surface area contributed by atoms with Gasteiger partial charge in [-0.1, -0.05) is 51.2 Å². The van der Waals surface area contributed by atoms with Crippen molar-refractivity contribution >= 4 is 68.1 Å². The van der Waals surface area contributed by atoms with Gasteiger partial charge in [-0.3, -0.25) is 23.7 Å². The molecule has 4 aromatic rings. The molecule has 1 saturated heterocycles. The minimum absolute atomic E-state index is 0.0410. The second kappa shape index (κ2) is 10.3. The third kappa shape index (κ3) is 4.65. The van der Waals surface area contributed by atoms with Crippen molar-refractivity contribution < 1.29 is 23.9 Å². The second-order valence-electron chi connectivity index (χ2n) is 9.30. The fourth-order valence-electron chi connectivity index (χ4n) is 5.02. The zero-order valence-corrected chi connectivity index (χ0v) is 23.6. The Bertz CT molecular complexity index is 1700. The van der Waals surface area contributed by atoms with Gasteiger partial charge in [0.1, 0.15) is 23.4 Å². The third-order valence-corrected chi connectivity index (χ3v) is 9.95. The van der Waals surface area contributed by atoms with Gasteiger partial charge in [-0.15, -0.1) is 0 Å². The SMILES string of the molecule is O=C(Cn1c2c(sc1=O)[C@@H](c1ccc(O)cc1)[C@H]1C(=O)N(c3ccc(Br)cc3)C(=O)[C@H]1S2)Nc1ccc(F)cc1. The number of fused-ring (bicyclic) bond motifs is 2. The van der Waals surface area contributed by atoms with E-state index in [2.05, 4.69) is 21.2 Å². The molecule has 0 radical (unpaired) electrons. The van der Waals surface area contributed by atoms with Crippen LogP contribution in [0.4, 0.5) is 15.8 Å². The Morgan fingerprint density at radius 1 is 0.950 bits per heavy atom. The fraction of sp³-hybridized carbons (Fsp3) is 0.143. The van der Waals surface area contributed by atoms with Gasteiger partial charge in [0, 0.05) is 21.0 Å². The van der Waals surface area contributed by atoms with Gasteiger partial charge in [0.05, 0.1) is 16.6 Å². The van der Waals surface area contributed by atoms with Crippen LogP contribution in [0.2, 0.25) is 0 Å². The van der Waals surface area contributed by atoms with E-state index in [0.717, 1.165) is 27.6 Å². The smallest absolute Gasteiger partial charge is 0.308 e. The Hall–Kier alpha value is -3.74. The molecule has 40 heavy (non-hydrogen) atoms. The average Bonchev–Trinajstić information content (AvgIpc) is 3.37. The van der Waals surface area contributed by atoms with Gasteiger partial charge in [0.25, 0.3) is 0 Å². The molecule has 3 amide bonds. The summed E-state index contributed by atoms with van der Waals surface area (Å²) in [4.78, 5) is 55.0. The normalized spacial score (nSPS) is 19.9. The summed E-state index contributed by atoms with van der Waals surface area (Å²) in [5, 5.41) is 12.1. The molecule has 8 nitrogen and oxygen atoms in total.